The van der Waals surface area contributed by atoms with Gasteiger partial charge in [-0.15, -0.1) is 0 Å². The summed E-state index contributed by atoms with van der Waals surface area (Å²) in [6.45, 7) is 2.05. The summed E-state index contributed by atoms with van der Waals surface area (Å²) in [5, 5.41) is 9.99. The molecular weight excluding hydrogens is 202 g/mol. The summed E-state index contributed by atoms with van der Waals surface area (Å²) in [5.74, 6) is -0.849. The molecular formula is C13H13NO2. The number of nitrogens with zero attached hydrogens (tertiary/aromatic N) is 1. The van der Waals surface area contributed by atoms with Crippen molar-refractivity contribution in [1.82, 2.24) is 4.57 Å². The molecule has 1 aromatic carbocycles. The molecule has 16 heavy (non-hydrogen) atoms. The second-order valence-corrected chi connectivity index (χ2v) is 4.43. The average molecular weight is 215 g/mol. The first-order valence-corrected chi connectivity index (χ1v) is 5.52. The minimum Gasteiger partial charge on any atom is -0.478 e. The zero-order valence-electron chi connectivity index (χ0n) is 9.10. The fourth-order valence-electron chi connectivity index (χ4n) is 2.39. The van der Waals surface area contributed by atoms with E-state index in [1.54, 1.807) is 6.07 Å². The summed E-state index contributed by atoms with van der Waals surface area (Å²) in [7, 11) is 0. The smallest absolute Gasteiger partial charge is 0.336 e. The van der Waals surface area contributed by atoms with Gasteiger partial charge in [0, 0.05) is 22.6 Å². The maximum atomic E-state index is 11.1. The molecule has 1 N–H and O–H groups in total. The van der Waals surface area contributed by atoms with Gasteiger partial charge in [0.15, 0.2) is 0 Å². The number of benzene rings is 1. The molecule has 1 fully saturated rings. The molecule has 0 radical (unpaired) electrons. The van der Waals surface area contributed by atoms with Gasteiger partial charge in [0.25, 0.3) is 0 Å². The van der Waals surface area contributed by atoms with E-state index in [1.807, 2.05) is 25.1 Å². The Morgan fingerprint density at radius 3 is 2.81 bits per heavy atom. The van der Waals surface area contributed by atoms with Crippen LogP contribution in [0.15, 0.2) is 24.3 Å². The number of carboxylic acids is 1. The molecule has 1 aliphatic carbocycles. The van der Waals surface area contributed by atoms with E-state index in [0.29, 0.717) is 11.6 Å². The van der Waals surface area contributed by atoms with E-state index in [9.17, 15) is 4.79 Å². The van der Waals surface area contributed by atoms with Crippen molar-refractivity contribution in [2.45, 2.75) is 25.8 Å². The third-order valence-electron chi connectivity index (χ3n) is 3.22. The molecule has 1 saturated carbocycles. The first kappa shape index (κ1) is 9.46. The van der Waals surface area contributed by atoms with Crippen LogP contribution in [0.4, 0.5) is 0 Å². The molecule has 0 bridgehead atoms. The van der Waals surface area contributed by atoms with Crippen molar-refractivity contribution in [3.63, 3.8) is 0 Å². The van der Waals surface area contributed by atoms with Crippen molar-refractivity contribution in [2.75, 3.05) is 0 Å². The van der Waals surface area contributed by atoms with Crippen LogP contribution >= 0.6 is 0 Å². The Bertz CT molecular complexity index is 579. The molecule has 1 aromatic heterocycles. The molecule has 0 atom stereocenters. The van der Waals surface area contributed by atoms with Crippen molar-refractivity contribution in [2.24, 2.45) is 0 Å². The Morgan fingerprint density at radius 2 is 2.19 bits per heavy atom. The summed E-state index contributed by atoms with van der Waals surface area (Å²) >= 11 is 0. The van der Waals surface area contributed by atoms with Gasteiger partial charge >= 0.3 is 5.97 Å². The molecule has 0 aliphatic heterocycles. The van der Waals surface area contributed by atoms with Crippen LogP contribution in [-0.4, -0.2) is 15.6 Å². The lowest BCUT2D eigenvalue weighted by molar-refractivity contribution is 0.0699. The minimum absolute atomic E-state index is 0.403. The summed E-state index contributed by atoms with van der Waals surface area (Å²) in [6.07, 6.45) is 2.42. The van der Waals surface area contributed by atoms with E-state index in [0.717, 1.165) is 16.6 Å². The molecule has 3 nitrogen and oxygen atoms in total. The van der Waals surface area contributed by atoms with Gasteiger partial charge in [0.1, 0.15) is 0 Å². The van der Waals surface area contributed by atoms with E-state index in [4.69, 9.17) is 5.11 Å². The van der Waals surface area contributed by atoms with Crippen LogP contribution in [-0.2, 0) is 0 Å². The van der Waals surface area contributed by atoms with Crippen LogP contribution in [0.25, 0.3) is 10.9 Å². The van der Waals surface area contributed by atoms with E-state index in [2.05, 4.69) is 4.57 Å². The van der Waals surface area contributed by atoms with Crippen LogP contribution < -0.4 is 0 Å². The third-order valence-corrected chi connectivity index (χ3v) is 3.22. The van der Waals surface area contributed by atoms with Crippen LogP contribution in [0.3, 0.4) is 0 Å². The van der Waals surface area contributed by atoms with Crippen LogP contribution in [0.1, 0.15) is 34.9 Å². The van der Waals surface area contributed by atoms with Gasteiger partial charge in [-0.05, 0) is 38.0 Å². The van der Waals surface area contributed by atoms with Gasteiger partial charge in [-0.1, -0.05) is 6.07 Å². The van der Waals surface area contributed by atoms with Crippen molar-refractivity contribution in [1.29, 1.82) is 0 Å². The quantitative estimate of drug-likeness (QED) is 0.836. The fourth-order valence-corrected chi connectivity index (χ4v) is 2.39. The number of aromatic nitrogens is 1. The molecule has 1 heterocycles. The van der Waals surface area contributed by atoms with Gasteiger partial charge in [0.05, 0.1) is 5.56 Å². The van der Waals surface area contributed by atoms with E-state index >= 15 is 0 Å². The average Bonchev–Trinajstić information content (AvgIpc) is 3.00. The Balaban J connectivity index is 2.33. The second-order valence-electron chi connectivity index (χ2n) is 4.43. The minimum atomic E-state index is -0.849. The Hall–Kier alpha value is -1.77. The zero-order valence-corrected chi connectivity index (χ0v) is 9.10. The summed E-state index contributed by atoms with van der Waals surface area (Å²) in [6, 6.07) is 8.07. The standard InChI is InChI=1S/C13H13NO2/c1-8-7-11-10(13(15)16)3-2-4-12(11)14(8)9-5-6-9/h2-4,7,9H,5-6H2,1H3,(H,15,16). The molecule has 1 aliphatic rings. The van der Waals surface area contributed by atoms with Crippen molar-refractivity contribution < 1.29 is 9.90 Å². The molecule has 0 saturated heterocycles. The number of rotatable bonds is 2. The van der Waals surface area contributed by atoms with Crippen molar-refractivity contribution >= 4 is 16.9 Å². The first-order valence-electron chi connectivity index (χ1n) is 5.52. The Labute approximate surface area is 93.3 Å². The number of hydrogen-bond donors (Lipinski definition) is 1. The van der Waals surface area contributed by atoms with E-state index in [-0.39, 0.29) is 0 Å². The van der Waals surface area contributed by atoms with Gasteiger partial charge in [0.2, 0.25) is 0 Å². The van der Waals surface area contributed by atoms with Crippen molar-refractivity contribution in [3.05, 3.63) is 35.5 Å². The van der Waals surface area contributed by atoms with E-state index < -0.39 is 5.97 Å². The van der Waals surface area contributed by atoms with E-state index in [1.165, 1.54) is 12.8 Å². The monoisotopic (exact) mass is 215 g/mol. The Morgan fingerprint density at radius 1 is 1.44 bits per heavy atom. The third kappa shape index (κ3) is 1.24. The topological polar surface area (TPSA) is 42.2 Å². The highest BCUT2D eigenvalue weighted by molar-refractivity contribution is 6.03. The molecule has 0 amide bonds. The molecule has 2 aromatic rings. The summed E-state index contributed by atoms with van der Waals surface area (Å²) in [4.78, 5) is 11.1. The summed E-state index contributed by atoms with van der Waals surface area (Å²) in [5.41, 5.74) is 2.62. The maximum Gasteiger partial charge on any atom is 0.336 e. The molecule has 0 spiro atoms. The highest BCUT2D eigenvalue weighted by Crippen LogP contribution is 2.39. The van der Waals surface area contributed by atoms with Crippen LogP contribution in [0.2, 0.25) is 0 Å². The number of carboxylic acid groups (broad SMARTS) is 1. The second kappa shape index (κ2) is 3.11. The predicted octanol–water partition coefficient (Wildman–Crippen LogP) is 2.98. The fraction of sp³-hybridized carbons (Fsp3) is 0.308. The SMILES string of the molecule is Cc1cc2c(C(=O)O)cccc2n1C1CC1. The lowest BCUT2D eigenvalue weighted by Crippen LogP contribution is -1.98. The lowest BCUT2D eigenvalue weighted by Gasteiger charge is -2.05. The molecule has 3 rings (SSSR count). The first-order chi connectivity index (χ1) is 7.68. The van der Waals surface area contributed by atoms with Gasteiger partial charge < -0.3 is 9.67 Å². The molecule has 82 valence electrons. The largest absolute Gasteiger partial charge is 0.478 e. The molecule has 0 unspecified atom stereocenters. The number of aryl methyl sites for hydroxylation is 1. The normalized spacial score (nSPS) is 15.6. The van der Waals surface area contributed by atoms with Gasteiger partial charge in [-0.3, -0.25) is 0 Å². The Kier molecular flexibility index (Phi) is 1.84. The highest BCUT2D eigenvalue weighted by Gasteiger charge is 2.26. The maximum absolute atomic E-state index is 11.1. The molecule has 3 heteroatoms. The van der Waals surface area contributed by atoms with Crippen LogP contribution in [0, 0.1) is 6.92 Å². The van der Waals surface area contributed by atoms with Crippen LogP contribution in [0.5, 0.6) is 0 Å². The van der Waals surface area contributed by atoms with Gasteiger partial charge in [-0.2, -0.15) is 0 Å². The highest BCUT2D eigenvalue weighted by atomic mass is 16.4. The zero-order chi connectivity index (χ0) is 11.3. The number of fused-ring (bicyclic) bond motifs is 1. The predicted molar refractivity (Wildman–Crippen MR) is 61.9 cm³/mol. The lowest BCUT2D eigenvalue weighted by atomic mass is 10.1. The van der Waals surface area contributed by atoms with Gasteiger partial charge in [-0.25, -0.2) is 4.79 Å². The number of aromatic carboxylic acids is 1. The van der Waals surface area contributed by atoms with Crippen molar-refractivity contribution in [3.8, 4) is 0 Å². The summed E-state index contributed by atoms with van der Waals surface area (Å²) < 4.78 is 2.27. The number of carbonyl (C=O) groups is 1. The number of hydrogen-bond acceptors (Lipinski definition) is 1.